The SMILES string of the molecule is CCCCN(C(=O)O)C(c1cccc(C(F)(F)F)c1)c1nnc(N)o1. The van der Waals surface area contributed by atoms with Crippen LogP contribution in [0.1, 0.15) is 42.8 Å². The van der Waals surface area contributed by atoms with Crippen LogP contribution in [0.15, 0.2) is 28.7 Å². The van der Waals surface area contributed by atoms with Crippen molar-refractivity contribution in [2.45, 2.75) is 32.0 Å². The monoisotopic (exact) mass is 358 g/mol. The minimum atomic E-state index is -4.56. The molecule has 1 aromatic heterocycles. The van der Waals surface area contributed by atoms with Gasteiger partial charge < -0.3 is 15.3 Å². The number of carboxylic acid groups (broad SMARTS) is 1. The van der Waals surface area contributed by atoms with Crippen LogP contribution in [0.3, 0.4) is 0 Å². The summed E-state index contributed by atoms with van der Waals surface area (Å²) in [6.07, 6.45) is -4.66. The highest BCUT2D eigenvalue weighted by Gasteiger charge is 2.35. The third-order valence-electron chi connectivity index (χ3n) is 3.53. The molecule has 0 bridgehead atoms. The molecule has 0 aliphatic rings. The Balaban J connectivity index is 2.53. The van der Waals surface area contributed by atoms with E-state index in [1.165, 1.54) is 12.1 Å². The zero-order valence-electron chi connectivity index (χ0n) is 13.3. The summed E-state index contributed by atoms with van der Waals surface area (Å²) < 4.78 is 44.1. The Bertz CT molecular complexity index is 733. The minimum Gasteiger partial charge on any atom is -0.465 e. The number of anilines is 1. The number of halogens is 3. The van der Waals surface area contributed by atoms with E-state index in [9.17, 15) is 23.1 Å². The summed E-state index contributed by atoms with van der Waals surface area (Å²) in [5.74, 6) is -0.185. The van der Waals surface area contributed by atoms with Gasteiger partial charge in [0.1, 0.15) is 6.04 Å². The molecular formula is C15H17F3N4O3. The highest BCUT2D eigenvalue weighted by molar-refractivity contribution is 5.66. The predicted octanol–water partition coefficient (Wildman–Crippen LogP) is 3.54. The highest BCUT2D eigenvalue weighted by Crippen LogP contribution is 2.34. The normalized spacial score (nSPS) is 12.8. The summed E-state index contributed by atoms with van der Waals surface area (Å²) in [7, 11) is 0. The van der Waals surface area contributed by atoms with Crippen LogP contribution in [-0.4, -0.2) is 32.8 Å². The molecule has 1 aromatic carbocycles. The number of nitrogen functional groups attached to an aromatic ring is 1. The van der Waals surface area contributed by atoms with Crippen molar-refractivity contribution in [1.29, 1.82) is 0 Å². The lowest BCUT2D eigenvalue weighted by Gasteiger charge is -2.27. The van der Waals surface area contributed by atoms with E-state index in [4.69, 9.17) is 10.2 Å². The van der Waals surface area contributed by atoms with Gasteiger partial charge in [-0.1, -0.05) is 30.6 Å². The number of alkyl halides is 3. The van der Waals surface area contributed by atoms with Gasteiger partial charge in [-0.05, 0) is 24.1 Å². The van der Waals surface area contributed by atoms with Crippen molar-refractivity contribution in [1.82, 2.24) is 15.1 Å². The Morgan fingerprint density at radius 2 is 2.12 bits per heavy atom. The van der Waals surface area contributed by atoms with Crippen LogP contribution in [0.2, 0.25) is 0 Å². The van der Waals surface area contributed by atoms with Gasteiger partial charge in [0.15, 0.2) is 0 Å². The lowest BCUT2D eigenvalue weighted by Crippen LogP contribution is -2.35. The van der Waals surface area contributed by atoms with E-state index in [1.54, 1.807) is 0 Å². The van der Waals surface area contributed by atoms with Crippen molar-refractivity contribution in [3.8, 4) is 0 Å². The Morgan fingerprint density at radius 3 is 2.64 bits per heavy atom. The molecule has 2 aromatic rings. The smallest absolute Gasteiger partial charge is 0.416 e. The molecule has 0 spiro atoms. The lowest BCUT2D eigenvalue weighted by atomic mass is 10.0. The van der Waals surface area contributed by atoms with Crippen molar-refractivity contribution in [3.63, 3.8) is 0 Å². The number of hydrogen-bond acceptors (Lipinski definition) is 5. The number of carbonyl (C=O) groups is 1. The molecule has 136 valence electrons. The summed E-state index contributed by atoms with van der Waals surface area (Å²) in [6.45, 7) is 1.96. The first-order valence-corrected chi connectivity index (χ1v) is 7.49. The summed E-state index contributed by atoms with van der Waals surface area (Å²) >= 11 is 0. The number of nitrogens with two attached hydrogens (primary N) is 1. The first kappa shape index (κ1) is 18.6. The number of aromatic nitrogens is 2. The lowest BCUT2D eigenvalue weighted by molar-refractivity contribution is -0.137. The minimum absolute atomic E-state index is 0.0666. The first-order valence-electron chi connectivity index (χ1n) is 7.49. The van der Waals surface area contributed by atoms with Gasteiger partial charge in [-0.25, -0.2) is 4.79 Å². The van der Waals surface area contributed by atoms with Crippen LogP contribution in [0.4, 0.5) is 24.0 Å². The van der Waals surface area contributed by atoms with Gasteiger partial charge >= 0.3 is 18.3 Å². The molecular weight excluding hydrogens is 341 g/mol. The van der Waals surface area contributed by atoms with E-state index < -0.39 is 23.9 Å². The van der Waals surface area contributed by atoms with Crippen LogP contribution in [-0.2, 0) is 6.18 Å². The second-order valence-corrected chi connectivity index (χ2v) is 5.33. The van der Waals surface area contributed by atoms with Crippen molar-refractivity contribution in [3.05, 3.63) is 41.3 Å². The van der Waals surface area contributed by atoms with E-state index in [0.717, 1.165) is 17.0 Å². The number of amides is 1. The Hall–Kier alpha value is -2.78. The molecule has 0 aliphatic carbocycles. The third-order valence-corrected chi connectivity index (χ3v) is 3.53. The molecule has 0 aliphatic heterocycles. The molecule has 0 saturated heterocycles. The fraction of sp³-hybridized carbons (Fsp3) is 0.400. The van der Waals surface area contributed by atoms with Crippen LogP contribution < -0.4 is 5.73 Å². The molecule has 0 radical (unpaired) electrons. The topological polar surface area (TPSA) is 105 Å². The summed E-state index contributed by atoms with van der Waals surface area (Å²) in [6, 6.07) is 2.86. The molecule has 1 heterocycles. The van der Waals surface area contributed by atoms with Gasteiger partial charge in [0.2, 0.25) is 5.89 Å². The van der Waals surface area contributed by atoms with Gasteiger partial charge in [-0.2, -0.15) is 13.2 Å². The molecule has 0 saturated carbocycles. The quantitative estimate of drug-likeness (QED) is 0.818. The number of nitrogens with zero attached hydrogens (tertiary/aromatic N) is 3. The van der Waals surface area contributed by atoms with Crippen LogP contribution in [0.25, 0.3) is 0 Å². The van der Waals surface area contributed by atoms with E-state index >= 15 is 0 Å². The van der Waals surface area contributed by atoms with E-state index in [2.05, 4.69) is 10.2 Å². The fourth-order valence-electron chi connectivity index (χ4n) is 2.36. The third kappa shape index (κ3) is 4.40. The van der Waals surface area contributed by atoms with Crippen molar-refractivity contribution >= 4 is 12.1 Å². The standard InChI is InChI=1S/C15H17F3N4O3/c1-2-3-7-22(14(23)24)11(12-20-21-13(19)25-12)9-5-4-6-10(8-9)15(16,17)18/h4-6,8,11H,2-3,7H2,1H3,(H2,19,21)(H,23,24). The number of hydrogen-bond donors (Lipinski definition) is 2. The Morgan fingerprint density at radius 1 is 1.40 bits per heavy atom. The molecule has 1 atom stereocenters. The van der Waals surface area contributed by atoms with Crippen LogP contribution >= 0.6 is 0 Å². The molecule has 0 fully saturated rings. The average Bonchev–Trinajstić information content (AvgIpc) is 2.96. The number of rotatable bonds is 6. The summed E-state index contributed by atoms with van der Waals surface area (Å²) in [5.41, 5.74) is 4.55. The van der Waals surface area contributed by atoms with Gasteiger partial charge in [-0.15, -0.1) is 5.10 Å². The predicted molar refractivity (Wildman–Crippen MR) is 81.6 cm³/mol. The van der Waals surface area contributed by atoms with E-state index in [1.807, 2.05) is 6.92 Å². The highest BCUT2D eigenvalue weighted by atomic mass is 19.4. The van der Waals surface area contributed by atoms with Gasteiger partial charge in [-0.3, -0.25) is 4.90 Å². The molecule has 7 nitrogen and oxygen atoms in total. The molecule has 10 heteroatoms. The van der Waals surface area contributed by atoms with Crippen molar-refractivity contribution in [2.75, 3.05) is 12.3 Å². The maximum absolute atomic E-state index is 13.0. The van der Waals surface area contributed by atoms with E-state index in [-0.39, 0.29) is 24.0 Å². The summed E-state index contributed by atoms with van der Waals surface area (Å²) in [4.78, 5) is 12.6. The largest absolute Gasteiger partial charge is 0.465 e. The molecule has 1 amide bonds. The Kier molecular flexibility index (Phi) is 5.50. The number of unbranched alkanes of at least 4 members (excludes halogenated alkanes) is 1. The van der Waals surface area contributed by atoms with E-state index in [0.29, 0.717) is 12.8 Å². The van der Waals surface area contributed by atoms with Gasteiger partial charge in [0.05, 0.1) is 5.56 Å². The maximum Gasteiger partial charge on any atom is 0.416 e. The summed E-state index contributed by atoms with van der Waals surface area (Å²) in [5, 5.41) is 16.7. The zero-order valence-corrected chi connectivity index (χ0v) is 13.3. The second-order valence-electron chi connectivity index (χ2n) is 5.33. The van der Waals surface area contributed by atoms with Crippen LogP contribution in [0.5, 0.6) is 0 Å². The average molecular weight is 358 g/mol. The molecule has 3 N–H and O–H groups in total. The molecule has 25 heavy (non-hydrogen) atoms. The molecule has 2 rings (SSSR count). The fourth-order valence-corrected chi connectivity index (χ4v) is 2.36. The van der Waals surface area contributed by atoms with Crippen molar-refractivity contribution < 1.29 is 27.5 Å². The maximum atomic E-state index is 13.0. The Labute approximate surface area is 141 Å². The van der Waals surface area contributed by atoms with Crippen molar-refractivity contribution in [2.24, 2.45) is 0 Å². The second kappa shape index (κ2) is 7.41. The zero-order chi connectivity index (χ0) is 18.6. The molecule has 1 unspecified atom stereocenters. The van der Waals surface area contributed by atoms with Gasteiger partial charge in [0.25, 0.3) is 0 Å². The number of benzene rings is 1. The van der Waals surface area contributed by atoms with Gasteiger partial charge in [0, 0.05) is 6.54 Å². The first-order chi connectivity index (χ1) is 11.7. The van der Waals surface area contributed by atoms with Crippen LogP contribution in [0, 0.1) is 0 Å².